The first-order valence-corrected chi connectivity index (χ1v) is 6.35. The molecule has 1 heterocycles. The lowest BCUT2D eigenvalue weighted by atomic mass is 10.0. The van der Waals surface area contributed by atoms with Crippen LogP contribution in [-0.4, -0.2) is 31.1 Å². The summed E-state index contributed by atoms with van der Waals surface area (Å²) in [6.45, 7) is 2.36. The Morgan fingerprint density at radius 2 is 2.06 bits per heavy atom. The van der Waals surface area contributed by atoms with Crippen molar-refractivity contribution >= 4 is 5.69 Å². The Morgan fingerprint density at radius 3 is 2.81 bits per heavy atom. The number of nitrogens with one attached hydrogen (secondary N) is 1. The summed E-state index contributed by atoms with van der Waals surface area (Å²) in [7, 11) is 2.26. The van der Waals surface area contributed by atoms with E-state index in [2.05, 4.69) is 47.6 Å². The van der Waals surface area contributed by atoms with Crippen molar-refractivity contribution in [2.75, 3.05) is 25.5 Å². The molecule has 1 N–H and O–H groups in total. The SMILES string of the molecule is CN1CCCCC1CCNc1ccccc1. The highest BCUT2D eigenvalue weighted by atomic mass is 15.1. The molecule has 0 aliphatic carbocycles. The summed E-state index contributed by atoms with van der Waals surface area (Å²) in [6.07, 6.45) is 5.40. The minimum absolute atomic E-state index is 0.782. The second-order valence-electron chi connectivity index (χ2n) is 4.71. The number of likely N-dealkylation sites (tertiary alicyclic amines) is 1. The number of hydrogen-bond acceptors (Lipinski definition) is 2. The normalized spacial score (nSPS) is 21.9. The van der Waals surface area contributed by atoms with Crippen molar-refractivity contribution in [3.05, 3.63) is 30.3 Å². The maximum absolute atomic E-state index is 3.49. The summed E-state index contributed by atoms with van der Waals surface area (Å²) in [4.78, 5) is 2.51. The third-order valence-electron chi connectivity index (χ3n) is 3.50. The predicted molar refractivity (Wildman–Crippen MR) is 69.8 cm³/mol. The maximum Gasteiger partial charge on any atom is 0.0340 e. The quantitative estimate of drug-likeness (QED) is 0.836. The van der Waals surface area contributed by atoms with Crippen molar-refractivity contribution in [1.82, 2.24) is 4.90 Å². The summed E-state index contributed by atoms with van der Waals surface area (Å²) in [5, 5.41) is 3.49. The molecule has 2 nitrogen and oxygen atoms in total. The molecule has 0 spiro atoms. The van der Waals surface area contributed by atoms with E-state index in [0.29, 0.717) is 0 Å². The fraction of sp³-hybridized carbons (Fsp3) is 0.571. The van der Waals surface area contributed by atoms with Crippen LogP contribution in [0.5, 0.6) is 0 Å². The number of rotatable bonds is 4. The van der Waals surface area contributed by atoms with Gasteiger partial charge in [-0.25, -0.2) is 0 Å². The van der Waals surface area contributed by atoms with E-state index in [-0.39, 0.29) is 0 Å². The Bertz CT molecular complexity index is 297. The van der Waals surface area contributed by atoms with Crippen LogP contribution >= 0.6 is 0 Å². The molecule has 16 heavy (non-hydrogen) atoms. The van der Waals surface area contributed by atoms with Crippen LogP contribution in [0.3, 0.4) is 0 Å². The Hall–Kier alpha value is -1.02. The van der Waals surface area contributed by atoms with Crippen LogP contribution in [0.1, 0.15) is 25.7 Å². The van der Waals surface area contributed by atoms with E-state index in [1.807, 2.05) is 0 Å². The van der Waals surface area contributed by atoms with Gasteiger partial charge in [-0.3, -0.25) is 0 Å². The Morgan fingerprint density at radius 1 is 1.25 bits per heavy atom. The zero-order chi connectivity index (χ0) is 11.2. The van der Waals surface area contributed by atoms with Gasteiger partial charge in [0.25, 0.3) is 0 Å². The zero-order valence-corrected chi connectivity index (χ0v) is 10.2. The van der Waals surface area contributed by atoms with Crippen LogP contribution in [0.15, 0.2) is 30.3 Å². The van der Waals surface area contributed by atoms with Crippen molar-refractivity contribution in [2.45, 2.75) is 31.7 Å². The maximum atomic E-state index is 3.49. The third-order valence-corrected chi connectivity index (χ3v) is 3.50. The summed E-state index contributed by atoms with van der Waals surface area (Å²) in [5.74, 6) is 0. The lowest BCUT2D eigenvalue weighted by molar-refractivity contribution is 0.179. The summed E-state index contributed by atoms with van der Waals surface area (Å²) >= 11 is 0. The molecule has 88 valence electrons. The molecule has 1 aromatic carbocycles. The van der Waals surface area contributed by atoms with Crippen molar-refractivity contribution in [1.29, 1.82) is 0 Å². The lowest BCUT2D eigenvalue weighted by Gasteiger charge is -2.32. The van der Waals surface area contributed by atoms with Gasteiger partial charge in [0.2, 0.25) is 0 Å². The minimum Gasteiger partial charge on any atom is -0.385 e. The van der Waals surface area contributed by atoms with Gasteiger partial charge in [-0.05, 0) is 45.0 Å². The Balaban J connectivity index is 1.71. The highest BCUT2D eigenvalue weighted by Gasteiger charge is 2.17. The molecule has 2 rings (SSSR count). The van der Waals surface area contributed by atoms with Gasteiger partial charge >= 0.3 is 0 Å². The molecule has 2 heteroatoms. The van der Waals surface area contributed by atoms with Gasteiger partial charge in [-0.15, -0.1) is 0 Å². The smallest absolute Gasteiger partial charge is 0.0340 e. The van der Waals surface area contributed by atoms with E-state index in [9.17, 15) is 0 Å². The van der Waals surface area contributed by atoms with Gasteiger partial charge in [-0.1, -0.05) is 24.6 Å². The van der Waals surface area contributed by atoms with Gasteiger partial charge in [0.15, 0.2) is 0 Å². The molecule has 0 radical (unpaired) electrons. The predicted octanol–water partition coefficient (Wildman–Crippen LogP) is 2.97. The molecule has 1 aliphatic rings. The first-order valence-electron chi connectivity index (χ1n) is 6.35. The Kier molecular flexibility index (Phi) is 4.23. The van der Waals surface area contributed by atoms with Crippen LogP contribution < -0.4 is 5.32 Å². The highest BCUT2D eigenvalue weighted by Crippen LogP contribution is 2.17. The van der Waals surface area contributed by atoms with E-state index < -0.39 is 0 Å². The fourth-order valence-electron chi connectivity index (χ4n) is 2.45. The number of benzene rings is 1. The van der Waals surface area contributed by atoms with Gasteiger partial charge in [0.05, 0.1) is 0 Å². The van der Waals surface area contributed by atoms with Crippen LogP contribution in [-0.2, 0) is 0 Å². The van der Waals surface area contributed by atoms with Crippen molar-refractivity contribution in [3.63, 3.8) is 0 Å². The first kappa shape index (κ1) is 11.5. The molecular weight excluding hydrogens is 196 g/mol. The average molecular weight is 218 g/mol. The molecule has 0 amide bonds. The number of anilines is 1. The van der Waals surface area contributed by atoms with E-state index >= 15 is 0 Å². The summed E-state index contributed by atoms with van der Waals surface area (Å²) < 4.78 is 0. The minimum atomic E-state index is 0.782. The molecule has 0 saturated carbocycles. The second-order valence-corrected chi connectivity index (χ2v) is 4.71. The molecule has 1 saturated heterocycles. The number of hydrogen-bond donors (Lipinski definition) is 1. The second kappa shape index (κ2) is 5.90. The first-order chi connectivity index (χ1) is 7.86. The molecule has 1 aliphatic heterocycles. The largest absolute Gasteiger partial charge is 0.385 e. The molecule has 1 fully saturated rings. The van der Waals surface area contributed by atoms with Gasteiger partial charge in [-0.2, -0.15) is 0 Å². The number of para-hydroxylation sites is 1. The standard InChI is InChI=1S/C14H22N2/c1-16-12-6-5-9-14(16)10-11-15-13-7-3-2-4-8-13/h2-4,7-8,14-15H,5-6,9-12H2,1H3. The van der Waals surface area contributed by atoms with E-state index in [1.54, 1.807) is 0 Å². The van der Waals surface area contributed by atoms with Crippen LogP contribution in [0.4, 0.5) is 5.69 Å². The van der Waals surface area contributed by atoms with Crippen LogP contribution in [0.2, 0.25) is 0 Å². The molecule has 1 unspecified atom stereocenters. The van der Waals surface area contributed by atoms with Crippen LogP contribution in [0.25, 0.3) is 0 Å². The van der Waals surface area contributed by atoms with E-state index in [4.69, 9.17) is 0 Å². The molecule has 1 aromatic rings. The topological polar surface area (TPSA) is 15.3 Å². The molecular formula is C14H22N2. The van der Waals surface area contributed by atoms with Crippen molar-refractivity contribution in [3.8, 4) is 0 Å². The van der Waals surface area contributed by atoms with E-state index in [0.717, 1.165) is 12.6 Å². The lowest BCUT2D eigenvalue weighted by Crippen LogP contribution is -2.37. The zero-order valence-electron chi connectivity index (χ0n) is 10.2. The molecule has 0 aromatic heterocycles. The van der Waals surface area contributed by atoms with Gasteiger partial charge in [0.1, 0.15) is 0 Å². The highest BCUT2D eigenvalue weighted by molar-refractivity contribution is 5.42. The van der Waals surface area contributed by atoms with Gasteiger partial charge < -0.3 is 10.2 Å². The van der Waals surface area contributed by atoms with Gasteiger partial charge in [0, 0.05) is 18.3 Å². The van der Waals surface area contributed by atoms with Crippen molar-refractivity contribution in [2.24, 2.45) is 0 Å². The molecule has 0 bridgehead atoms. The van der Waals surface area contributed by atoms with Crippen LogP contribution in [0, 0.1) is 0 Å². The third kappa shape index (κ3) is 3.24. The Labute approximate surface area is 98.7 Å². The average Bonchev–Trinajstić information content (AvgIpc) is 2.33. The molecule has 1 atom stereocenters. The number of piperidine rings is 1. The van der Waals surface area contributed by atoms with E-state index in [1.165, 1.54) is 37.9 Å². The number of nitrogens with zero attached hydrogens (tertiary/aromatic N) is 1. The summed E-state index contributed by atoms with van der Waals surface area (Å²) in [6, 6.07) is 11.3. The monoisotopic (exact) mass is 218 g/mol. The van der Waals surface area contributed by atoms with Crippen molar-refractivity contribution < 1.29 is 0 Å². The summed E-state index contributed by atoms with van der Waals surface area (Å²) in [5.41, 5.74) is 1.24. The fourth-order valence-corrected chi connectivity index (χ4v) is 2.45.